The molecule has 0 spiro atoms. The molecule has 26 heavy (non-hydrogen) atoms. The van der Waals surface area contributed by atoms with Crippen molar-refractivity contribution in [2.75, 3.05) is 37.7 Å². The molecule has 1 atom stereocenters. The van der Waals surface area contributed by atoms with Crippen LogP contribution in [0, 0.1) is 12.7 Å². The molecule has 0 aliphatic carbocycles. The van der Waals surface area contributed by atoms with Gasteiger partial charge in [-0.1, -0.05) is 0 Å². The van der Waals surface area contributed by atoms with E-state index in [1.54, 1.807) is 11.8 Å². The van der Waals surface area contributed by atoms with Gasteiger partial charge in [-0.2, -0.15) is 0 Å². The van der Waals surface area contributed by atoms with Crippen LogP contribution < -0.4 is 0 Å². The molecule has 6 nitrogen and oxygen atoms in total. The molecular weight excluding hydrogens is 359 g/mol. The summed E-state index contributed by atoms with van der Waals surface area (Å²) in [7, 11) is -2.91. The molecule has 1 amide bonds. The number of carbonyl (C=O) groups excluding carboxylic acids is 1. The maximum absolute atomic E-state index is 13.4. The van der Waals surface area contributed by atoms with E-state index in [0.717, 1.165) is 0 Å². The molecule has 2 aromatic rings. The zero-order valence-corrected chi connectivity index (χ0v) is 15.4. The van der Waals surface area contributed by atoms with Gasteiger partial charge in [0.1, 0.15) is 11.4 Å². The molecule has 0 N–H and O–H groups in total. The van der Waals surface area contributed by atoms with Crippen molar-refractivity contribution >= 4 is 26.7 Å². The van der Waals surface area contributed by atoms with E-state index in [-0.39, 0.29) is 35.0 Å². The summed E-state index contributed by atoms with van der Waals surface area (Å²) < 4.78 is 42.4. The monoisotopic (exact) mass is 380 g/mol. The molecule has 2 aliphatic heterocycles. The van der Waals surface area contributed by atoms with Crippen molar-refractivity contribution < 1.29 is 22.0 Å². The molecule has 4 rings (SSSR count). The lowest BCUT2D eigenvalue weighted by Gasteiger charge is -2.37. The second kappa shape index (κ2) is 6.35. The topological polar surface area (TPSA) is 70.8 Å². The summed E-state index contributed by atoms with van der Waals surface area (Å²) in [5.74, 6) is 0.168. The molecule has 2 fully saturated rings. The fourth-order valence-electron chi connectivity index (χ4n) is 3.89. The van der Waals surface area contributed by atoms with E-state index in [1.807, 2.05) is 0 Å². The Bertz CT molecular complexity index is 961. The Labute approximate surface area is 151 Å². The van der Waals surface area contributed by atoms with Crippen molar-refractivity contribution in [1.29, 1.82) is 0 Å². The van der Waals surface area contributed by atoms with Crippen LogP contribution in [0.2, 0.25) is 0 Å². The molecule has 1 aromatic carbocycles. The lowest BCUT2D eigenvalue weighted by atomic mass is 10.1. The predicted molar refractivity (Wildman–Crippen MR) is 95.4 cm³/mol. The lowest BCUT2D eigenvalue weighted by Crippen LogP contribution is -2.52. The molecule has 0 saturated carbocycles. The van der Waals surface area contributed by atoms with Crippen LogP contribution in [-0.4, -0.2) is 67.9 Å². The summed E-state index contributed by atoms with van der Waals surface area (Å²) in [6, 6.07) is 4.29. The number of rotatable bonds is 2. The largest absolute Gasteiger partial charge is 0.451 e. The maximum atomic E-state index is 13.4. The second-order valence-electron chi connectivity index (χ2n) is 7.08. The van der Waals surface area contributed by atoms with E-state index in [4.69, 9.17) is 4.42 Å². The standard InChI is InChI=1S/C18H21FN2O4S/c1-12-15-10-13(19)2-3-16(15)25-17(12)18(22)21-7-5-20(6-8-21)14-4-9-26(23,24)11-14/h2-3,10,14H,4-9,11H2,1H3/t14-/m0/s1. The summed E-state index contributed by atoms with van der Waals surface area (Å²) in [6.07, 6.45) is 0.671. The van der Waals surface area contributed by atoms with Gasteiger partial charge in [0, 0.05) is 43.2 Å². The molecule has 2 saturated heterocycles. The lowest BCUT2D eigenvalue weighted by molar-refractivity contribution is 0.0560. The minimum Gasteiger partial charge on any atom is -0.451 e. The van der Waals surface area contributed by atoms with Gasteiger partial charge in [-0.25, -0.2) is 12.8 Å². The predicted octanol–water partition coefficient (Wildman–Crippen LogP) is 1.83. The smallest absolute Gasteiger partial charge is 0.289 e. The minimum absolute atomic E-state index is 0.0631. The van der Waals surface area contributed by atoms with Gasteiger partial charge in [0.25, 0.3) is 5.91 Å². The van der Waals surface area contributed by atoms with Gasteiger partial charge in [0.2, 0.25) is 0 Å². The minimum atomic E-state index is -2.91. The molecule has 0 unspecified atom stereocenters. The van der Waals surface area contributed by atoms with Crippen LogP contribution in [-0.2, 0) is 9.84 Å². The first-order valence-corrected chi connectivity index (χ1v) is 10.6. The molecular formula is C18H21FN2O4S. The van der Waals surface area contributed by atoms with Crippen molar-refractivity contribution in [3.63, 3.8) is 0 Å². The molecule has 0 bridgehead atoms. The number of hydrogen-bond donors (Lipinski definition) is 0. The fraction of sp³-hybridized carbons (Fsp3) is 0.500. The highest BCUT2D eigenvalue weighted by Gasteiger charge is 2.35. The molecule has 1 aromatic heterocycles. The number of fused-ring (bicyclic) bond motifs is 1. The zero-order chi connectivity index (χ0) is 18.5. The summed E-state index contributed by atoms with van der Waals surface area (Å²) in [6.45, 7) is 4.12. The molecule has 8 heteroatoms. The van der Waals surface area contributed by atoms with E-state index in [1.165, 1.54) is 18.2 Å². The van der Waals surface area contributed by atoms with E-state index in [2.05, 4.69) is 4.90 Å². The summed E-state index contributed by atoms with van der Waals surface area (Å²) >= 11 is 0. The van der Waals surface area contributed by atoms with E-state index in [9.17, 15) is 17.6 Å². The highest BCUT2D eigenvalue weighted by atomic mass is 32.2. The zero-order valence-electron chi connectivity index (χ0n) is 14.6. The van der Waals surface area contributed by atoms with Gasteiger partial charge in [-0.05, 0) is 31.5 Å². The number of carbonyl (C=O) groups is 1. The van der Waals surface area contributed by atoms with Crippen molar-refractivity contribution in [3.05, 3.63) is 35.3 Å². The fourth-order valence-corrected chi connectivity index (χ4v) is 5.66. The quantitative estimate of drug-likeness (QED) is 0.795. The van der Waals surface area contributed by atoms with Gasteiger partial charge >= 0.3 is 0 Å². The van der Waals surface area contributed by atoms with Crippen LogP contribution in [0.1, 0.15) is 22.5 Å². The van der Waals surface area contributed by atoms with E-state index in [0.29, 0.717) is 49.1 Å². The Morgan fingerprint density at radius 2 is 1.96 bits per heavy atom. The Morgan fingerprint density at radius 3 is 2.62 bits per heavy atom. The van der Waals surface area contributed by atoms with Gasteiger partial charge in [-0.15, -0.1) is 0 Å². The van der Waals surface area contributed by atoms with Gasteiger partial charge < -0.3 is 9.32 Å². The third kappa shape index (κ3) is 3.12. The van der Waals surface area contributed by atoms with Crippen LogP contribution in [0.3, 0.4) is 0 Å². The van der Waals surface area contributed by atoms with Gasteiger partial charge in [0.05, 0.1) is 11.5 Å². The third-order valence-corrected chi connectivity index (χ3v) is 7.17. The molecule has 2 aliphatic rings. The van der Waals surface area contributed by atoms with Crippen molar-refractivity contribution in [3.8, 4) is 0 Å². The third-order valence-electron chi connectivity index (χ3n) is 5.42. The van der Waals surface area contributed by atoms with E-state index < -0.39 is 9.84 Å². The average Bonchev–Trinajstić information content (AvgIpc) is 3.14. The Kier molecular flexibility index (Phi) is 4.27. The molecule has 140 valence electrons. The summed E-state index contributed by atoms with van der Waals surface area (Å²) in [4.78, 5) is 16.7. The van der Waals surface area contributed by atoms with E-state index >= 15 is 0 Å². The number of hydrogen-bond acceptors (Lipinski definition) is 5. The number of aryl methyl sites for hydroxylation is 1. The van der Waals surface area contributed by atoms with Crippen molar-refractivity contribution in [1.82, 2.24) is 9.80 Å². The number of piperazine rings is 1. The van der Waals surface area contributed by atoms with Crippen LogP contribution in [0.4, 0.5) is 4.39 Å². The highest BCUT2D eigenvalue weighted by Crippen LogP contribution is 2.27. The van der Waals surface area contributed by atoms with Crippen molar-refractivity contribution in [2.45, 2.75) is 19.4 Å². The maximum Gasteiger partial charge on any atom is 0.289 e. The number of benzene rings is 1. The first kappa shape index (κ1) is 17.5. The van der Waals surface area contributed by atoms with Gasteiger partial charge in [-0.3, -0.25) is 9.69 Å². The Hall–Kier alpha value is -1.93. The summed E-state index contributed by atoms with van der Waals surface area (Å²) in [5, 5.41) is 0.614. The number of nitrogens with zero attached hydrogens (tertiary/aromatic N) is 2. The highest BCUT2D eigenvalue weighted by molar-refractivity contribution is 7.91. The molecule has 3 heterocycles. The first-order chi connectivity index (χ1) is 12.3. The Morgan fingerprint density at radius 1 is 1.23 bits per heavy atom. The molecule has 0 radical (unpaired) electrons. The second-order valence-corrected chi connectivity index (χ2v) is 9.31. The Balaban J connectivity index is 1.46. The first-order valence-electron chi connectivity index (χ1n) is 8.76. The summed E-state index contributed by atoms with van der Waals surface area (Å²) in [5.41, 5.74) is 1.15. The number of amides is 1. The number of halogens is 1. The number of sulfone groups is 1. The van der Waals surface area contributed by atoms with Crippen molar-refractivity contribution in [2.24, 2.45) is 0 Å². The van der Waals surface area contributed by atoms with Crippen LogP contribution >= 0.6 is 0 Å². The van der Waals surface area contributed by atoms with Crippen LogP contribution in [0.5, 0.6) is 0 Å². The van der Waals surface area contributed by atoms with Gasteiger partial charge in [0.15, 0.2) is 15.6 Å². The number of furan rings is 1. The average molecular weight is 380 g/mol. The SMILES string of the molecule is Cc1c(C(=O)N2CCN([C@H]3CCS(=O)(=O)C3)CC2)oc2ccc(F)cc12. The van der Waals surface area contributed by atoms with Crippen LogP contribution in [0.25, 0.3) is 11.0 Å². The van der Waals surface area contributed by atoms with Crippen LogP contribution in [0.15, 0.2) is 22.6 Å². The normalized spacial score (nSPS) is 23.6.